The normalized spacial score (nSPS) is 18.8. The number of benzene rings is 2. The molecule has 2 aromatic carbocycles. The Balaban J connectivity index is 1.43. The molecule has 0 spiro atoms. The molecule has 1 aliphatic rings. The Morgan fingerprint density at radius 3 is 2.55 bits per heavy atom. The predicted octanol–water partition coefficient (Wildman–Crippen LogP) is 4.22. The summed E-state index contributed by atoms with van der Waals surface area (Å²) in [4.78, 5) is 2.28. The fourth-order valence-corrected chi connectivity index (χ4v) is 5.24. The predicted molar refractivity (Wildman–Crippen MR) is 140 cm³/mol. The first-order chi connectivity index (χ1) is 19.0. The smallest absolute Gasteiger partial charge is 0.372 e. The molecule has 1 aliphatic heterocycles. The van der Waals surface area contributed by atoms with E-state index >= 15 is 0 Å². The second-order valence-corrected chi connectivity index (χ2v) is 10.7. The molecular formula is C27H32F3N9O. The van der Waals surface area contributed by atoms with Crippen molar-refractivity contribution in [2.45, 2.75) is 70.6 Å². The quantitative estimate of drug-likeness (QED) is 0.331. The lowest BCUT2D eigenvalue weighted by Crippen LogP contribution is -2.43. The van der Waals surface area contributed by atoms with Crippen molar-refractivity contribution in [3.05, 3.63) is 82.4 Å². The van der Waals surface area contributed by atoms with Crippen molar-refractivity contribution in [3.63, 3.8) is 0 Å². The summed E-state index contributed by atoms with van der Waals surface area (Å²) in [5.41, 5.74) is 7.99. The third kappa shape index (κ3) is 6.06. The molecule has 2 atom stereocenters. The number of alkyl halides is 3. The molecule has 13 heteroatoms. The number of likely N-dealkylation sites (tertiary alicyclic amines) is 1. The van der Waals surface area contributed by atoms with Crippen LogP contribution in [0.3, 0.4) is 0 Å². The van der Waals surface area contributed by atoms with Crippen molar-refractivity contribution in [2.75, 3.05) is 6.54 Å². The molecule has 0 amide bonds. The number of H-pyrrole nitrogens is 1. The van der Waals surface area contributed by atoms with Crippen LogP contribution < -0.4 is 5.73 Å². The number of aromatic nitrogens is 7. The minimum absolute atomic E-state index is 0.00895. The number of nitrogens with one attached hydrogen (secondary N) is 1. The Morgan fingerprint density at radius 1 is 1.10 bits per heavy atom. The molecule has 1 saturated heterocycles. The summed E-state index contributed by atoms with van der Waals surface area (Å²) in [7, 11) is 0. The van der Waals surface area contributed by atoms with Crippen molar-refractivity contribution in [3.8, 4) is 5.69 Å². The van der Waals surface area contributed by atoms with Gasteiger partial charge in [0, 0.05) is 6.54 Å². The number of tetrazole rings is 1. The van der Waals surface area contributed by atoms with Gasteiger partial charge in [0.1, 0.15) is 11.4 Å². The van der Waals surface area contributed by atoms with Crippen LogP contribution in [-0.2, 0) is 29.6 Å². The summed E-state index contributed by atoms with van der Waals surface area (Å²) in [5, 5.41) is 22.6. The zero-order chi connectivity index (χ0) is 28.5. The first-order valence-corrected chi connectivity index (χ1v) is 13.1. The third-order valence-electron chi connectivity index (χ3n) is 7.04. The number of halogens is 3. The highest BCUT2D eigenvalue weighted by atomic mass is 19.4. The van der Waals surface area contributed by atoms with E-state index in [4.69, 9.17) is 10.5 Å². The lowest BCUT2D eigenvalue weighted by atomic mass is 9.91. The second kappa shape index (κ2) is 11.1. The van der Waals surface area contributed by atoms with Gasteiger partial charge in [-0.1, -0.05) is 30.3 Å². The van der Waals surface area contributed by atoms with Gasteiger partial charge in [0.2, 0.25) is 0 Å². The third-order valence-corrected chi connectivity index (χ3v) is 7.04. The van der Waals surface area contributed by atoms with Crippen molar-refractivity contribution in [2.24, 2.45) is 5.73 Å². The first-order valence-electron chi connectivity index (χ1n) is 13.1. The number of hydrogen-bond acceptors (Lipinski definition) is 8. The maximum absolute atomic E-state index is 13.8. The van der Waals surface area contributed by atoms with E-state index in [0.717, 1.165) is 42.8 Å². The highest BCUT2D eigenvalue weighted by molar-refractivity contribution is 5.41. The van der Waals surface area contributed by atoms with Crippen LogP contribution in [0.5, 0.6) is 0 Å². The number of nitrogens with two attached hydrogens (primary N) is 1. The molecule has 4 aromatic rings. The van der Waals surface area contributed by atoms with Crippen molar-refractivity contribution < 1.29 is 17.9 Å². The maximum atomic E-state index is 13.8. The molecule has 0 saturated carbocycles. The van der Waals surface area contributed by atoms with Crippen LogP contribution in [0.15, 0.2) is 48.5 Å². The Labute approximate surface area is 229 Å². The Kier molecular flexibility index (Phi) is 7.71. The highest BCUT2D eigenvalue weighted by Gasteiger charge is 2.36. The molecule has 3 N–H and O–H groups in total. The molecular weight excluding hydrogens is 523 g/mol. The fourth-order valence-electron chi connectivity index (χ4n) is 5.24. The number of aromatic amines is 1. The molecule has 0 unspecified atom stereocenters. The average molecular weight is 556 g/mol. The minimum atomic E-state index is -4.53. The number of ether oxygens (including phenoxy) is 1. The topological polar surface area (TPSA) is 124 Å². The molecule has 2 aromatic heterocycles. The minimum Gasteiger partial charge on any atom is -0.372 e. The number of hydrogen-bond donors (Lipinski definition) is 2. The lowest BCUT2D eigenvalue weighted by Gasteiger charge is -2.41. The first kappa shape index (κ1) is 27.9. The van der Waals surface area contributed by atoms with Gasteiger partial charge in [-0.25, -0.2) is 0 Å². The van der Waals surface area contributed by atoms with E-state index in [9.17, 15) is 13.2 Å². The van der Waals surface area contributed by atoms with Gasteiger partial charge in [0.25, 0.3) is 0 Å². The fraction of sp³-hybridized carbons (Fsp3) is 0.444. The van der Waals surface area contributed by atoms with Crippen molar-refractivity contribution in [1.82, 2.24) is 40.5 Å². The summed E-state index contributed by atoms with van der Waals surface area (Å²) in [6, 6.07) is 13.6. The number of nitrogens with zero attached hydrogens (tertiary/aromatic N) is 7. The number of rotatable bonds is 8. The van der Waals surface area contributed by atoms with E-state index in [1.54, 1.807) is 13.0 Å². The van der Waals surface area contributed by atoms with Crippen LogP contribution in [-0.4, -0.2) is 53.2 Å². The van der Waals surface area contributed by atoms with Gasteiger partial charge in [-0.3, -0.25) is 4.90 Å². The summed E-state index contributed by atoms with van der Waals surface area (Å²) >= 11 is 0. The highest BCUT2D eigenvalue weighted by Crippen LogP contribution is 2.36. The van der Waals surface area contributed by atoms with Gasteiger partial charge < -0.3 is 10.5 Å². The zero-order valence-corrected chi connectivity index (χ0v) is 22.6. The summed E-state index contributed by atoms with van der Waals surface area (Å²) in [5.74, 6) is 0.381. The molecule has 0 radical (unpaired) electrons. The maximum Gasteiger partial charge on any atom is 0.416 e. The number of aryl methyl sites for hydroxylation is 1. The molecule has 0 bridgehead atoms. The molecule has 1 fully saturated rings. The van der Waals surface area contributed by atoms with Gasteiger partial charge >= 0.3 is 6.18 Å². The summed E-state index contributed by atoms with van der Waals surface area (Å²) in [6.07, 6.45) is -3.20. The van der Waals surface area contributed by atoms with Gasteiger partial charge in [0.15, 0.2) is 5.82 Å². The van der Waals surface area contributed by atoms with Crippen LogP contribution in [0, 0.1) is 6.92 Å². The summed E-state index contributed by atoms with van der Waals surface area (Å²) in [6.45, 7) is 6.67. The van der Waals surface area contributed by atoms with E-state index in [1.165, 1.54) is 4.68 Å². The average Bonchev–Trinajstić information content (AvgIpc) is 3.56. The molecule has 0 aliphatic carbocycles. The number of piperidine rings is 1. The van der Waals surface area contributed by atoms with E-state index in [2.05, 4.69) is 35.8 Å². The van der Waals surface area contributed by atoms with Crippen LogP contribution in [0.4, 0.5) is 13.2 Å². The molecule has 40 heavy (non-hydrogen) atoms. The van der Waals surface area contributed by atoms with Gasteiger partial charge in [0.05, 0.1) is 35.5 Å². The van der Waals surface area contributed by atoms with Crippen molar-refractivity contribution in [1.29, 1.82) is 0 Å². The van der Waals surface area contributed by atoms with Gasteiger partial charge in [-0.2, -0.15) is 33.3 Å². The Bertz CT molecular complexity index is 1430. The van der Waals surface area contributed by atoms with E-state index < -0.39 is 17.3 Å². The van der Waals surface area contributed by atoms with Gasteiger partial charge in [-0.05, 0) is 79.9 Å². The lowest BCUT2D eigenvalue weighted by molar-refractivity contribution is -0.137. The molecule has 5 rings (SSSR count). The van der Waals surface area contributed by atoms with E-state index in [-0.39, 0.29) is 24.4 Å². The molecule has 3 heterocycles. The zero-order valence-electron chi connectivity index (χ0n) is 22.6. The molecule has 212 valence electrons. The van der Waals surface area contributed by atoms with Crippen LogP contribution in [0.25, 0.3) is 5.69 Å². The van der Waals surface area contributed by atoms with Crippen molar-refractivity contribution >= 4 is 0 Å². The van der Waals surface area contributed by atoms with Crippen LogP contribution >= 0.6 is 0 Å². The van der Waals surface area contributed by atoms with E-state index in [0.29, 0.717) is 23.6 Å². The SMILES string of the molecule is Cc1nnnn1-c1cc(CO[C@H]2CCCN(Cc3n[nH]nc3C(C)(C)N)[C@H]2c2ccccc2)cc(C(F)(F)F)c1. The monoisotopic (exact) mass is 555 g/mol. The standard InChI is InChI=1S/C27H32F3N9O/c1-17-32-36-37-39(17)21-13-18(12-20(14-21)27(28,29)30)16-40-23-10-7-11-38(24(23)19-8-5-4-6-9-19)15-22-25(26(2,3)31)34-35-33-22/h4-6,8-9,12-14,23-24H,7,10-11,15-16,31H2,1-3H3,(H,33,34,35)/t23-,24-/m0/s1. The molecule has 10 nitrogen and oxygen atoms in total. The Hall–Kier alpha value is -3.68. The Morgan fingerprint density at radius 2 is 1.88 bits per heavy atom. The van der Waals surface area contributed by atoms with E-state index in [1.807, 2.05) is 44.2 Å². The van der Waals surface area contributed by atoms with Crippen LogP contribution in [0.2, 0.25) is 0 Å². The van der Waals surface area contributed by atoms with Crippen LogP contribution in [0.1, 0.15) is 66.6 Å². The summed E-state index contributed by atoms with van der Waals surface area (Å²) < 4.78 is 49.1. The second-order valence-electron chi connectivity index (χ2n) is 10.7. The largest absolute Gasteiger partial charge is 0.416 e. The van der Waals surface area contributed by atoms with Gasteiger partial charge in [-0.15, -0.1) is 5.10 Å².